The maximum Gasteiger partial charge on any atom is 0.272 e. The number of piperidine rings is 2. The number of halogens is 2. The van der Waals surface area contributed by atoms with Crippen LogP contribution < -0.4 is 4.74 Å². The van der Waals surface area contributed by atoms with E-state index in [0.717, 1.165) is 50.6 Å². The molecule has 2 aliphatic rings. The van der Waals surface area contributed by atoms with Crippen LogP contribution in [0.3, 0.4) is 0 Å². The predicted octanol–water partition coefficient (Wildman–Crippen LogP) is 5.84. The minimum absolute atomic E-state index is 0.0196. The highest BCUT2D eigenvalue weighted by Gasteiger charge is 2.26. The van der Waals surface area contributed by atoms with E-state index in [9.17, 15) is 18.4 Å². The highest BCUT2D eigenvalue weighted by molar-refractivity contribution is 5.97. The second kappa shape index (κ2) is 12.7. The van der Waals surface area contributed by atoms with E-state index in [1.54, 1.807) is 17.0 Å². The van der Waals surface area contributed by atoms with Gasteiger partial charge in [-0.1, -0.05) is 17.7 Å². The number of ether oxygens (including phenoxy) is 1. The minimum Gasteiger partial charge on any atom is -0.490 e. The molecule has 40 heavy (non-hydrogen) atoms. The van der Waals surface area contributed by atoms with E-state index in [4.69, 9.17) is 4.74 Å². The smallest absolute Gasteiger partial charge is 0.272 e. The molecule has 2 saturated heterocycles. The molecule has 0 spiro atoms. The number of nitrogens with zero attached hydrogens (tertiary/aromatic N) is 3. The summed E-state index contributed by atoms with van der Waals surface area (Å²) in [5.74, 6) is -0.139. The molecule has 1 amide bonds. The SMILES string of the molecule is Cc1ccc(OC2CCN(C(=O)c3ccc(C(=O)CC4CCN(Cc5cc(F)cc(F)c5)CC4)cn3)CC2)cc1. The number of carbonyl (C=O) groups excluding carboxylic acids is 2. The van der Waals surface area contributed by atoms with Crippen molar-refractivity contribution in [1.82, 2.24) is 14.8 Å². The largest absolute Gasteiger partial charge is 0.490 e. The topological polar surface area (TPSA) is 62.7 Å². The second-order valence-corrected chi connectivity index (χ2v) is 11.0. The average molecular weight is 548 g/mol. The van der Waals surface area contributed by atoms with Crippen molar-refractivity contribution in [1.29, 1.82) is 0 Å². The van der Waals surface area contributed by atoms with Gasteiger partial charge in [0, 0.05) is 56.7 Å². The highest BCUT2D eigenvalue weighted by atomic mass is 19.1. The van der Waals surface area contributed by atoms with Gasteiger partial charge in [0.05, 0.1) is 0 Å². The van der Waals surface area contributed by atoms with Crippen molar-refractivity contribution in [2.75, 3.05) is 26.2 Å². The molecule has 0 atom stereocenters. The first-order chi connectivity index (χ1) is 19.3. The number of carbonyl (C=O) groups is 2. The Morgan fingerprint density at radius 3 is 2.20 bits per heavy atom. The van der Waals surface area contributed by atoms with Crippen molar-refractivity contribution < 1.29 is 23.1 Å². The molecule has 3 heterocycles. The molecule has 210 valence electrons. The monoisotopic (exact) mass is 547 g/mol. The Morgan fingerprint density at radius 2 is 1.57 bits per heavy atom. The third kappa shape index (κ3) is 7.30. The summed E-state index contributed by atoms with van der Waals surface area (Å²) < 4.78 is 33.0. The zero-order valence-corrected chi connectivity index (χ0v) is 22.8. The van der Waals surface area contributed by atoms with Gasteiger partial charge in [-0.3, -0.25) is 19.5 Å². The lowest BCUT2D eigenvalue weighted by Gasteiger charge is -2.32. The Morgan fingerprint density at radius 1 is 0.900 bits per heavy atom. The summed E-state index contributed by atoms with van der Waals surface area (Å²) in [6, 6.07) is 14.9. The Balaban J connectivity index is 1.06. The molecule has 0 N–H and O–H groups in total. The second-order valence-electron chi connectivity index (χ2n) is 11.0. The molecule has 6 nitrogen and oxygen atoms in total. The summed E-state index contributed by atoms with van der Waals surface area (Å²) >= 11 is 0. The lowest BCUT2D eigenvalue weighted by molar-refractivity contribution is 0.0589. The van der Waals surface area contributed by atoms with E-state index in [2.05, 4.69) is 9.88 Å². The van der Waals surface area contributed by atoms with Gasteiger partial charge in [-0.05, 0) is 80.7 Å². The fourth-order valence-electron chi connectivity index (χ4n) is 5.52. The van der Waals surface area contributed by atoms with Gasteiger partial charge < -0.3 is 9.64 Å². The van der Waals surface area contributed by atoms with Crippen molar-refractivity contribution in [2.24, 2.45) is 5.92 Å². The number of aromatic nitrogens is 1. The standard InChI is InChI=1S/C32H35F2N3O3/c1-22-2-5-28(6-3-22)40-29-10-14-37(15-11-29)32(39)30-7-4-25(20-35-30)31(38)18-23-8-12-36(13-9-23)21-24-16-26(33)19-27(34)17-24/h2-7,16-17,19-20,23,29H,8-15,18,21H2,1H3. The Labute approximate surface area is 234 Å². The maximum atomic E-state index is 13.5. The normalized spacial score (nSPS) is 17.1. The molecule has 0 radical (unpaired) electrons. The predicted molar refractivity (Wildman–Crippen MR) is 148 cm³/mol. The van der Waals surface area contributed by atoms with Crippen LogP contribution in [0.25, 0.3) is 0 Å². The Bertz CT molecular complexity index is 1290. The molecule has 0 unspecified atom stereocenters. The molecular formula is C32H35F2N3O3. The van der Waals surface area contributed by atoms with Crippen LogP contribution in [0, 0.1) is 24.5 Å². The summed E-state index contributed by atoms with van der Waals surface area (Å²) in [7, 11) is 0. The number of pyridine rings is 1. The van der Waals surface area contributed by atoms with Gasteiger partial charge in [-0.2, -0.15) is 0 Å². The fraction of sp³-hybridized carbons (Fsp3) is 0.406. The van der Waals surface area contributed by atoms with E-state index < -0.39 is 11.6 Å². The van der Waals surface area contributed by atoms with Crippen molar-refractivity contribution in [3.63, 3.8) is 0 Å². The zero-order valence-electron chi connectivity index (χ0n) is 22.8. The number of likely N-dealkylation sites (tertiary alicyclic amines) is 2. The van der Waals surface area contributed by atoms with Crippen molar-refractivity contribution in [2.45, 2.75) is 51.7 Å². The summed E-state index contributed by atoms with van der Waals surface area (Å²) in [6.07, 6.45) is 5.22. The van der Waals surface area contributed by atoms with Crippen LogP contribution in [-0.4, -0.2) is 58.8 Å². The van der Waals surface area contributed by atoms with Crippen LogP contribution >= 0.6 is 0 Å². The van der Waals surface area contributed by atoms with Crippen LogP contribution in [-0.2, 0) is 6.54 Å². The molecular weight excluding hydrogens is 512 g/mol. The minimum atomic E-state index is -0.565. The molecule has 5 rings (SSSR count). The number of ketones is 1. The van der Waals surface area contributed by atoms with Gasteiger partial charge in [0.15, 0.2) is 5.78 Å². The molecule has 0 bridgehead atoms. The van der Waals surface area contributed by atoms with Crippen LogP contribution in [0.2, 0.25) is 0 Å². The van der Waals surface area contributed by atoms with Crippen molar-refractivity contribution in [3.8, 4) is 5.75 Å². The summed E-state index contributed by atoms with van der Waals surface area (Å²) in [5.41, 5.74) is 2.66. The van der Waals surface area contributed by atoms with Gasteiger partial charge >= 0.3 is 0 Å². The van der Waals surface area contributed by atoms with E-state index in [1.807, 2.05) is 31.2 Å². The van der Waals surface area contributed by atoms with Crippen LogP contribution in [0.5, 0.6) is 5.75 Å². The number of hydrogen-bond acceptors (Lipinski definition) is 5. The summed E-state index contributed by atoms with van der Waals surface area (Å²) in [5, 5.41) is 0. The highest BCUT2D eigenvalue weighted by Crippen LogP contribution is 2.25. The number of Topliss-reactive ketones (excluding diaryl/α,β-unsaturated/α-hetero) is 1. The fourth-order valence-corrected chi connectivity index (χ4v) is 5.52. The van der Waals surface area contributed by atoms with Gasteiger partial charge in [0.1, 0.15) is 29.2 Å². The molecule has 0 saturated carbocycles. The van der Waals surface area contributed by atoms with Gasteiger partial charge in [0.2, 0.25) is 0 Å². The molecule has 0 aliphatic carbocycles. The van der Waals surface area contributed by atoms with Gasteiger partial charge in [-0.15, -0.1) is 0 Å². The molecule has 2 aliphatic heterocycles. The quantitative estimate of drug-likeness (QED) is 0.332. The first kappa shape index (κ1) is 27.9. The third-order valence-electron chi connectivity index (χ3n) is 7.87. The van der Waals surface area contributed by atoms with Crippen molar-refractivity contribution >= 4 is 11.7 Å². The van der Waals surface area contributed by atoms with Gasteiger partial charge in [-0.25, -0.2) is 8.78 Å². The zero-order chi connectivity index (χ0) is 28.1. The lowest BCUT2D eigenvalue weighted by atomic mass is 9.90. The van der Waals surface area contributed by atoms with Crippen LogP contribution in [0.1, 0.15) is 64.1 Å². The molecule has 2 aromatic carbocycles. The van der Waals surface area contributed by atoms with E-state index in [0.29, 0.717) is 42.9 Å². The summed E-state index contributed by atoms with van der Waals surface area (Å²) in [4.78, 5) is 34.2. The molecule has 8 heteroatoms. The first-order valence-electron chi connectivity index (χ1n) is 14.0. The van der Waals surface area contributed by atoms with Gasteiger partial charge in [0.25, 0.3) is 5.91 Å². The van der Waals surface area contributed by atoms with E-state index in [1.165, 1.54) is 23.9 Å². The first-order valence-corrected chi connectivity index (χ1v) is 14.0. The van der Waals surface area contributed by atoms with Crippen LogP contribution in [0.4, 0.5) is 8.78 Å². The van der Waals surface area contributed by atoms with E-state index >= 15 is 0 Å². The molecule has 3 aromatic rings. The van der Waals surface area contributed by atoms with Crippen molar-refractivity contribution in [3.05, 3.63) is 94.8 Å². The third-order valence-corrected chi connectivity index (χ3v) is 7.87. The Kier molecular flexibility index (Phi) is 8.85. The molecule has 2 fully saturated rings. The Hall–Kier alpha value is -3.65. The summed E-state index contributed by atoms with van der Waals surface area (Å²) in [6.45, 7) is 5.28. The molecule has 1 aromatic heterocycles. The number of benzene rings is 2. The number of amides is 1. The average Bonchev–Trinajstić information content (AvgIpc) is 2.95. The van der Waals surface area contributed by atoms with Crippen LogP contribution in [0.15, 0.2) is 60.8 Å². The lowest BCUT2D eigenvalue weighted by Crippen LogP contribution is -2.42. The number of aryl methyl sites for hydroxylation is 1. The maximum absolute atomic E-state index is 13.5. The number of rotatable bonds is 8. The van der Waals surface area contributed by atoms with E-state index in [-0.39, 0.29) is 23.7 Å². The number of hydrogen-bond donors (Lipinski definition) is 0.